The smallest absolute Gasteiger partial charge is 0.227 e. The molecule has 2 fully saturated rings. The molecule has 2 aliphatic heterocycles. The number of carbonyl (C=O) groups excluding carboxylic acids is 2. The van der Waals surface area contributed by atoms with Crippen LogP contribution in [-0.2, 0) is 16.1 Å². The number of hydrogen-bond acceptors (Lipinski definition) is 3. The zero-order valence-electron chi connectivity index (χ0n) is 15.1. The summed E-state index contributed by atoms with van der Waals surface area (Å²) in [4.78, 5) is 28.6. The molecule has 1 aromatic carbocycles. The predicted octanol–water partition coefficient (Wildman–Crippen LogP) is 2.03. The molecule has 1 N–H and O–H groups in total. The number of piperidine rings is 2. The third-order valence-electron chi connectivity index (χ3n) is 5.24. The average Bonchev–Trinajstić information content (AvgIpc) is 2.62. The minimum absolute atomic E-state index is 0.00833. The number of rotatable bonds is 4. The molecule has 5 heteroatoms. The largest absolute Gasteiger partial charge is 0.352 e. The Morgan fingerprint density at radius 2 is 1.84 bits per heavy atom. The summed E-state index contributed by atoms with van der Waals surface area (Å²) in [5.41, 5.74) is 1.30. The predicted molar refractivity (Wildman–Crippen MR) is 97.9 cm³/mol. The summed E-state index contributed by atoms with van der Waals surface area (Å²) in [7, 11) is 0. The second-order valence-corrected chi connectivity index (χ2v) is 7.38. The number of nitrogens with zero attached hydrogens (tertiary/aromatic N) is 2. The molecular weight excluding hydrogens is 314 g/mol. The van der Waals surface area contributed by atoms with E-state index < -0.39 is 0 Å². The van der Waals surface area contributed by atoms with Crippen LogP contribution in [0, 0.1) is 5.92 Å². The molecule has 0 radical (unpaired) electrons. The summed E-state index contributed by atoms with van der Waals surface area (Å²) in [6.07, 6.45) is 3.99. The Balaban J connectivity index is 1.55. The molecule has 0 bridgehead atoms. The molecule has 2 aliphatic rings. The van der Waals surface area contributed by atoms with Gasteiger partial charge in [0, 0.05) is 39.1 Å². The molecule has 2 atom stereocenters. The van der Waals surface area contributed by atoms with Crippen molar-refractivity contribution in [2.75, 3.05) is 26.2 Å². The highest BCUT2D eigenvalue weighted by Gasteiger charge is 2.32. The van der Waals surface area contributed by atoms with Crippen molar-refractivity contribution in [3.05, 3.63) is 35.9 Å². The van der Waals surface area contributed by atoms with Crippen LogP contribution in [0.5, 0.6) is 0 Å². The van der Waals surface area contributed by atoms with Crippen LogP contribution in [0.1, 0.15) is 38.2 Å². The summed E-state index contributed by atoms with van der Waals surface area (Å²) < 4.78 is 0. The van der Waals surface area contributed by atoms with E-state index in [1.54, 1.807) is 6.92 Å². The van der Waals surface area contributed by atoms with Crippen molar-refractivity contribution in [1.82, 2.24) is 15.1 Å². The minimum atomic E-state index is -0.00833. The second kappa shape index (κ2) is 8.48. The molecule has 0 spiro atoms. The van der Waals surface area contributed by atoms with Crippen LogP contribution in [0.3, 0.4) is 0 Å². The van der Waals surface area contributed by atoms with E-state index in [0.29, 0.717) is 6.54 Å². The molecule has 2 amide bonds. The van der Waals surface area contributed by atoms with Gasteiger partial charge < -0.3 is 10.2 Å². The molecular formula is C20H29N3O2. The fourth-order valence-electron chi connectivity index (χ4n) is 4.08. The molecule has 5 nitrogen and oxygen atoms in total. The van der Waals surface area contributed by atoms with Gasteiger partial charge in [-0.1, -0.05) is 30.3 Å². The first-order valence-corrected chi connectivity index (χ1v) is 9.44. The van der Waals surface area contributed by atoms with Crippen molar-refractivity contribution in [1.29, 1.82) is 0 Å². The third kappa shape index (κ3) is 5.05. The fourth-order valence-corrected chi connectivity index (χ4v) is 4.08. The van der Waals surface area contributed by atoms with Gasteiger partial charge in [0.25, 0.3) is 0 Å². The lowest BCUT2D eigenvalue weighted by Gasteiger charge is -2.38. The van der Waals surface area contributed by atoms with Gasteiger partial charge >= 0.3 is 0 Å². The zero-order chi connectivity index (χ0) is 17.6. The lowest BCUT2D eigenvalue weighted by atomic mass is 9.94. The lowest BCUT2D eigenvalue weighted by molar-refractivity contribution is -0.139. The number of hydrogen-bond donors (Lipinski definition) is 1. The third-order valence-corrected chi connectivity index (χ3v) is 5.24. The van der Waals surface area contributed by atoms with E-state index in [1.807, 2.05) is 11.0 Å². The minimum Gasteiger partial charge on any atom is -0.352 e. The number of nitrogens with one attached hydrogen (secondary N) is 1. The molecule has 136 valence electrons. The summed E-state index contributed by atoms with van der Waals surface area (Å²) in [5.74, 6) is 0.354. The summed E-state index contributed by atoms with van der Waals surface area (Å²) in [6.45, 7) is 5.85. The van der Waals surface area contributed by atoms with E-state index in [-0.39, 0.29) is 23.8 Å². The molecule has 1 aromatic rings. The van der Waals surface area contributed by atoms with Crippen LogP contribution < -0.4 is 5.32 Å². The Labute approximate surface area is 150 Å². The van der Waals surface area contributed by atoms with E-state index in [1.165, 1.54) is 5.56 Å². The molecule has 2 heterocycles. The fraction of sp³-hybridized carbons (Fsp3) is 0.600. The van der Waals surface area contributed by atoms with Gasteiger partial charge in [0.1, 0.15) is 0 Å². The van der Waals surface area contributed by atoms with Gasteiger partial charge in [0.15, 0.2) is 0 Å². The van der Waals surface area contributed by atoms with Crippen LogP contribution >= 0.6 is 0 Å². The summed E-state index contributed by atoms with van der Waals surface area (Å²) in [6, 6.07) is 10.6. The average molecular weight is 343 g/mol. The maximum Gasteiger partial charge on any atom is 0.227 e. The Morgan fingerprint density at radius 3 is 2.60 bits per heavy atom. The van der Waals surface area contributed by atoms with Crippen molar-refractivity contribution in [3.63, 3.8) is 0 Å². The van der Waals surface area contributed by atoms with Gasteiger partial charge in [0.2, 0.25) is 11.8 Å². The maximum atomic E-state index is 13.0. The van der Waals surface area contributed by atoms with Crippen molar-refractivity contribution in [2.24, 2.45) is 5.92 Å². The van der Waals surface area contributed by atoms with E-state index in [4.69, 9.17) is 0 Å². The van der Waals surface area contributed by atoms with Crippen LogP contribution in [0.4, 0.5) is 0 Å². The second-order valence-electron chi connectivity index (χ2n) is 7.38. The topological polar surface area (TPSA) is 52.7 Å². The van der Waals surface area contributed by atoms with Crippen LogP contribution in [0.15, 0.2) is 30.3 Å². The molecule has 0 aliphatic carbocycles. The van der Waals surface area contributed by atoms with Crippen molar-refractivity contribution in [2.45, 2.75) is 45.2 Å². The van der Waals surface area contributed by atoms with E-state index in [0.717, 1.165) is 51.9 Å². The zero-order valence-corrected chi connectivity index (χ0v) is 15.1. The first kappa shape index (κ1) is 17.9. The number of carbonyl (C=O) groups is 2. The Hall–Kier alpha value is -1.88. The first-order valence-electron chi connectivity index (χ1n) is 9.44. The molecule has 0 unspecified atom stereocenters. The van der Waals surface area contributed by atoms with Gasteiger partial charge in [-0.2, -0.15) is 0 Å². The van der Waals surface area contributed by atoms with Gasteiger partial charge in [-0.25, -0.2) is 0 Å². The van der Waals surface area contributed by atoms with Gasteiger partial charge in [-0.15, -0.1) is 0 Å². The quantitative estimate of drug-likeness (QED) is 0.910. The summed E-state index contributed by atoms with van der Waals surface area (Å²) in [5, 5.41) is 2.97. The normalized spacial score (nSPS) is 24.8. The van der Waals surface area contributed by atoms with Crippen LogP contribution in [-0.4, -0.2) is 53.8 Å². The van der Waals surface area contributed by atoms with Crippen molar-refractivity contribution in [3.8, 4) is 0 Å². The van der Waals surface area contributed by atoms with Crippen LogP contribution in [0.25, 0.3) is 0 Å². The van der Waals surface area contributed by atoms with E-state index in [2.05, 4.69) is 34.5 Å². The SMILES string of the molecule is CC(=O)N[C@@H]1CCCN(C(=O)[C@H]2CCCN(Cc3ccccc3)C2)C1. The highest BCUT2D eigenvalue weighted by molar-refractivity contribution is 5.79. The van der Waals surface area contributed by atoms with Gasteiger partial charge in [0.05, 0.1) is 5.92 Å². The first-order chi connectivity index (χ1) is 12.1. The van der Waals surface area contributed by atoms with Crippen LogP contribution in [0.2, 0.25) is 0 Å². The monoisotopic (exact) mass is 343 g/mol. The highest BCUT2D eigenvalue weighted by Crippen LogP contribution is 2.22. The van der Waals surface area contributed by atoms with Gasteiger partial charge in [-0.05, 0) is 37.8 Å². The lowest BCUT2D eigenvalue weighted by Crippen LogP contribution is -2.52. The Kier molecular flexibility index (Phi) is 6.08. The standard InChI is InChI=1S/C20H29N3O2/c1-16(24)21-19-10-6-12-23(15-19)20(25)18-9-5-11-22(14-18)13-17-7-3-2-4-8-17/h2-4,7-8,18-19H,5-6,9-15H2,1H3,(H,21,24)/t18-,19+/m0/s1. The maximum absolute atomic E-state index is 13.0. The number of amides is 2. The number of benzene rings is 1. The summed E-state index contributed by atoms with van der Waals surface area (Å²) >= 11 is 0. The highest BCUT2D eigenvalue weighted by atomic mass is 16.2. The number of likely N-dealkylation sites (tertiary alicyclic amines) is 2. The van der Waals surface area contributed by atoms with Crippen molar-refractivity contribution >= 4 is 11.8 Å². The molecule has 2 saturated heterocycles. The van der Waals surface area contributed by atoms with Gasteiger partial charge in [-0.3, -0.25) is 14.5 Å². The molecule has 25 heavy (non-hydrogen) atoms. The Bertz CT molecular complexity index is 590. The van der Waals surface area contributed by atoms with E-state index >= 15 is 0 Å². The van der Waals surface area contributed by atoms with Crippen molar-refractivity contribution < 1.29 is 9.59 Å². The Morgan fingerprint density at radius 1 is 1.08 bits per heavy atom. The van der Waals surface area contributed by atoms with E-state index in [9.17, 15) is 9.59 Å². The molecule has 0 saturated carbocycles. The molecule has 3 rings (SSSR count). The molecule has 0 aromatic heterocycles.